The van der Waals surface area contributed by atoms with E-state index in [2.05, 4.69) is 497 Å². The zero-order valence-electron chi connectivity index (χ0n) is 72.4. The van der Waals surface area contributed by atoms with Crippen molar-refractivity contribution in [2.24, 2.45) is 0 Å². The normalized spacial score (nSPS) is 11.5. The lowest BCUT2D eigenvalue weighted by Gasteiger charge is -2.21. The molecule has 0 radical (unpaired) electrons. The predicted molar refractivity (Wildman–Crippen MR) is 514 cm³/mol. The highest BCUT2D eigenvalue weighted by molar-refractivity contribution is 7.98. The molecule has 0 unspecified atom stereocenters. The summed E-state index contributed by atoms with van der Waals surface area (Å²) in [4.78, 5) is 20.3. The highest BCUT2D eigenvalue weighted by Crippen LogP contribution is 2.40. The zero-order chi connectivity index (χ0) is 84.4. The molecule has 2 nitrogen and oxygen atoms in total. The SMILES string of the molecule is CC(C)(C)c1ccc([S+](c2ccc(C(C)(C)C)cc2)c2ccc(C(C)(C)C)cc2)cc1.CC(C)(C)c1ccc([S+](c2ccccc2)c2ccccc2)cc1.CC(C)c1ccc([S+](c2ccccc2)c2ccccc2)cc1.CCOc1ccc([S+](c2ccccc2)c2ccccc2)cc1.COc1ccc([S+](c2ccccc2)c2ccccc2)cc1. The molecule has 15 rings (SSSR count). The lowest BCUT2D eigenvalue weighted by Crippen LogP contribution is -2.13. The van der Waals surface area contributed by atoms with E-state index in [0.29, 0.717) is 12.5 Å². The van der Waals surface area contributed by atoms with Gasteiger partial charge in [-0.2, -0.15) is 0 Å². The van der Waals surface area contributed by atoms with E-state index in [4.69, 9.17) is 9.47 Å². The van der Waals surface area contributed by atoms with E-state index in [9.17, 15) is 0 Å². The van der Waals surface area contributed by atoms with Crippen molar-refractivity contribution in [2.45, 2.75) is 205 Å². The molecule has 0 bridgehead atoms. The molecule has 0 saturated heterocycles. The van der Waals surface area contributed by atoms with Crippen molar-refractivity contribution in [2.75, 3.05) is 13.7 Å². The smallest absolute Gasteiger partial charge is 0.166 e. The number of methoxy groups -OCH3 is 1. The first kappa shape index (κ1) is 89.4. The van der Waals surface area contributed by atoms with Crippen molar-refractivity contribution < 1.29 is 9.47 Å². The highest BCUT2D eigenvalue weighted by atomic mass is 32.2. The van der Waals surface area contributed by atoms with Crippen molar-refractivity contribution in [1.82, 2.24) is 0 Å². The fraction of sp³-hybridized carbons (Fsp3) is 0.196. The summed E-state index contributed by atoms with van der Waals surface area (Å²) in [5, 5.41) is 0. The van der Waals surface area contributed by atoms with Crippen LogP contribution in [-0.4, -0.2) is 13.7 Å². The minimum Gasteiger partial charge on any atom is -0.497 e. The summed E-state index contributed by atoms with van der Waals surface area (Å²) in [6, 6.07) is 149. The van der Waals surface area contributed by atoms with Gasteiger partial charge in [0.1, 0.15) is 11.5 Å². The molecule has 0 aliphatic carbocycles. The van der Waals surface area contributed by atoms with E-state index < -0.39 is 0 Å². The Balaban J connectivity index is 0.000000147. The number of hydrogen-bond donors (Lipinski definition) is 0. The molecule has 15 aromatic carbocycles. The summed E-state index contributed by atoms with van der Waals surface area (Å²) in [5.74, 6) is 2.39. The van der Waals surface area contributed by atoms with Crippen molar-refractivity contribution in [3.8, 4) is 11.5 Å². The highest BCUT2D eigenvalue weighted by Gasteiger charge is 2.35. The summed E-state index contributed by atoms with van der Waals surface area (Å²) < 4.78 is 10.8. The maximum absolute atomic E-state index is 5.56. The Kier molecular flexibility index (Phi) is 32.4. The van der Waals surface area contributed by atoms with E-state index in [0.717, 1.165) is 11.5 Å². The summed E-state index contributed by atoms with van der Waals surface area (Å²) in [6.07, 6.45) is 0. The molecule has 0 aromatic heterocycles. The molecule has 0 saturated carbocycles. The van der Waals surface area contributed by atoms with Crippen LogP contribution in [0.4, 0.5) is 0 Å². The van der Waals surface area contributed by atoms with E-state index in [-0.39, 0.29) is 76.1 Å². The van der Waals surface area contributed by atoms with E-state index in [1.165, 1.54) is 101 Å². The number of benzene rings is 15. The van der Waals surface area contributed by atoms with Crippen LogP contribution in [0, 0.1) is 0 Å². The summed E-state index contributed by atoms with van der Waals surface area (Å²) >= 11 is 0. The number of ether oxygens (including phenoxy) is 2. The van der Waals surface area contributed by atoms with Gasteiger partial charge < -0.3 is 9.47 Å². The summed E-state index contributed by atoms with van der Waals surface area (Å²) in [7, 11) is 1.33. The number of hydrogen-bond acceptors (Lipinski definition) is 2. The molecule has 15 aromatic rings. The second-order valence-electron chi connectivity index (χ2n) is 33.4. The molecule has 0 fully saturated rings. The quantitative estimate of drug-likeness (QED) is 0.0751. The second-order valence-corrected chi connectivity index (χ2v) is 43.6. The van der Waals surface area contributed by atoms with Crippen molar-refractivity contribution in [1.29, 1.82) is 0 Å². The second kappa shape index (κ2) is 43.0. The first-order chi connectivity index (χ1) is 57.3. The van der Waals surface area contributed by atoms with Gasteiger partial charge in [0.05, 0.1) is 68.2 Å². The van der Waals surface area contributed by atoms with Gasteiger partial charge in [-0.15, -0.1) is 0 Å². The minimum atomic E-state index is -0.120. The third-order valence-electron chi connectivity index (χ3n) is 20.1. The molecule has 0 spiro atoms. The maximum atomic E-state index is 5.56. The van der Waals surface area contributed by atoms with Crippen LogP contribution in [0.3, 0.4) is 0 Å². The fourth-order valence-corrected chi connectivity index (χ4v) is 23.8. The maximum Gasteiger partial charge on any atom is 0.166 e. The summed E-state index contributed by atoms with van der Waals surface area (Å²) in [5.41, 5.74) is 7.61. The van der Waals surface area contributed by atoms with Gasteiger partial charge in [-0.05, 0) is 269 Å². The first-order valence-corrected chi connectivity index (χ1v) is 47.5. The molecule has 7 heteroatoms. The largest absolute Gasteiger partial charge is 0.497 e. The van der Waals surface area contributed by atoms with Gasteiger partial charge in [0, 0.05) is 0 Å². The lowest BCUT2D eigenvalue weighted by molar-refractivity contribution is 0.340. The van der Waals surface area contributed by atoms with Gasteiger partial charge in [0.25, 0.3) is 0 Å². The molecule has 0 atom stereocenters. The number of rotatable bonds is 19. The van der Waals surface area contributed by atoms with E-state index in [1.54, 1.807) is 7.11 Å². The van der Waals surface area contributed by atoms with Crippen LogP contribution in [0.5, 0.6) is 11.5 Å². The van der Waals surface area contributed by atoms with E-state index >= 15 is 0 Å². The van der Waals surface area contributed by atoms with Gasteiger partial charge in [0.15, 0.2) is 73.4 Å². The summed E-state index contributed by atoms with van der Waals surface area (Å²) in [6.45, 7) is 34.4. The van der Waals surface area contributed by atoms with Crippen LogP contribution >= 0.6 is 0 Å². The third-order valence-corrected chi connectivity index (χ3v) is 31.3. The Morgan fingerprint density at radius 3 is 0.504 bits per heavy atom. The standard InChI is InChI=1S/C30H39S.C22H23S.C21H21S.C20H19OS.C19H17OS/c1-28(2,3)22-10-16-25(17-11-22)31(26-18-12-23(13-19-26)29(4,5)6)27-20-14-24(15-21-27)30(7,8)9;1-22(2,3)18-14-16-21(17-15-18)23(19-10-6-4-7-11-19)20-12-8-5-9-13-20;1-17(2)18-13-15-21(16-14-18)22(19-9-5-3-6-10-19)20-11-7-4-8-12-20;1-2-21-17-13-15-20(16-14-17)22(18-9-5-3-6-10-18)19-11-7-4-8-12-19;1-20-16-12-14-19(15-13-16)21(17-8-4-2-5-9-17)18-10-6-3-7-11-18/h10-21H,1-9H3;4-17H,1-3H3;3-17H,1-2H3;3-16H,2H2,1H3;2-15H,1H3/q5*+1. The van der Waals surface area contributed by atoms with Crippen LogP contribution < -0.4 is 9.47 Å². The zero-order valence-corrected chi connectivity index (χ0v) is 76.5. The Morgan fingerprint density at radius 2 is 0.353 bits per heavy atom. The molecule has 604 valence electrons. The molecule has 0 amide bonds. The average Bonchev–Trinajstić information content (AvgIpc) is 0.834. The molecule has 119 heavy (non-hydrogen) atoms. The van der Waals surface area contributed by atoms with Crippen LogP contribution in [0.1, 0.15) is 138 Å². The molecule has 0 heterocycles. The van der Waals surface area contributed by atoms with Crippen LogP contribution in [0.2, 0.25) is 0 Å². The first-order valence-electron chi connectivity index (χ1n) is 41.4. The molecular weight excluding hydrogens is 1540 g/mol. The molecule has 0 N–H and O–H groups in total. The lowest BCUT2D eigenvalue weighted by atomic mass is 9.87. The van der Waals surface area contributed by atoms with Crippen LogP contribution in [-0.2, 0) is 76.1 Å². The van der Waals surface area contributed by atoms with Crippen LogP contribution in [0.25, 0.3) is 0 Å². The fourth-order valence-electron chi connectivity index (χ4n) is 13.4. The van der Waals surface area contributed by atoms with Gasteiger partial charge >= 0.3 is 0 Å². The Hall–Kier alpha value is -10.4. The van der Waals surface area contributed by atoms with Gasteiger partial charge in [0.2, 0.25) is 0 Å². The van der Waals surface area contributed by atoms with Gasteiger partial charge in [-0.3, -0.25) is 0 Å². The Bertz CT molecular complexity index is 5110. The monoisotopic (exact) mass is 1660 g/mol. The van der Waals surface area contributed by atoms with Gasteiger partial charge in [-0.25, -0.2) is 0 Å². The predicted octanol–water partition coefficient (Wildman–Crippen LogP) is 30.6. The molecule has 0 aliphatic heterocycles. The molecular formula is C112H119O2S5+5. The Labute approximate surface area is 728 Å². The third kappa shape index (κ3) is 25.6. The Morgan fingerprint density at radius 1 is 0.202 bits per heavy atom. The average molecular weight is 1660 g/mol. The van der Waals surface area contributed by atoms with Crippen molar-refractivity contribution in [3.05, 3.63) is 440 Å². The van der Waals surface area contributed by atoms with E-state index in [1.807, 2.05) is 19.1 Å². The minimum absolute atomic E-state index is 0.0361. The topological polar surface area (TPSA) is 18.5 Å². The van der Waals surface area contributed by atoms with Crippen molar-refractivity contribution >= 4 is 54.5 Å². The van der Waals surface area contributed by atoms with Crippen molar-refractivity contribution in [3.63, 3.8) is 0 Å². The van der Waals surface area contributed by atoms with Crippen LogP contribution in [0.15, 0.2) is 486 Å². The molecule has 0 aliphatic rings. The van der Waals surface area contributed by atoms with Gasteiger partial charge in [-0.1, -0.05) is 303 Å².